The lowest BCUT2D eigenvalue weighted by Crippen LogP contribution is -2.35. The molecule has 0 saturated heterocycles. The van der Waals surface area contributed by atoms with Gasteiger partial charge in [0.15, 0.2) is 0 Å². The fourth-order valence-electron chi connectivity index (χ4n) is 1.02. The van der Waals surface area contributed by atoms with Crippen molar-refractivity contribution in [2.45, 2.75) is 12.2 Å². The highest BCUT2D eigenvalue weighted by molar-refractivity contribution is 7.95. The molecule has 0 saturated carbocycles. The monoisotopic (exact) mass is 280 g/mol. The standard InChI is InChI=1S/C9H10F2N2O2S2/c1-5(9(12)16)17(14,15)13-8-3-6(10)2-7(11)4-8/h2-5,13H,1H3,(H2,12,16). The van der Waals surface area contributed by atoms with Gasteiger partial charge in [-0.3, -0.25) is 4.72 Å². The van der Waals surface area contributed by atoms with Crippen molar-refractivity contribution in [3.05, 3.63) is 29.8 Å². The van der Waals surface area contributed by atoms with Gasteiger partial charge < -0.3 is 5.73 Å². The first kappa shape index (κ1) is 13.8. The minimum atomic E-state index is -3.90. The molecule has 0 amide bonds. The third-order valence-corrected chi connectivity index (χ3v) is 4.20. The SMILES string of the molecule is CC(C(N)=S)S(=O)(=O)Nc1cc(F)cc(F)c1. The number of thiocarbonyl (C=S) groups is 1. The van der Waals surface area contributed by atoms with Crippen LogP contribution in [0.5, 0.6) is 0 Å². The van der Waals surface area contributed by atoms with Crippen LogP contribution in [0, 0.1) is 11.6 Å². The third kappa shape index (κ3) is 3.60. The lowest BCUT2D eigenvalue weighted by molar-refractivity contribution is 0.584. The number of nitrogens with one attached hydrogen (secondary N) is 1. The van der Waals surface area contributed by atoms with Crippen molar-refractivity contribution >= 4 is 32.9 Å². The largest absolute Gasteiger partial charge is 0.392 e. The van der Waals surface area contributed by atoms with Gasteiger partial charge in [0.2, 0.25) is 10.0 Å². The summed E-state index contributed by atoms with van der Waals surface area (Å²) < 4.78 is 51.0. The maximum absolute atomic E-state index is 12.8. The summed E-state index contributed by atoms with van der Waals surface area (Å²) >= 11 is 4.54. The molecule has 1 aromatic carbocycles. The Kier molecular flexibility index (Phi) is 3.99. The summed E-state index contributed by atoms with van der Waals surface area (Å²) in [6, 6.07) is 2.34. The molecule has 0 aromatic heterocycles. The molecule has 1 rings (SSSR count). The van der Waals surface area contributed by atoms with Gasteiger partial charge in [-0.25, -0.2) is 17.2 Å². The van der Waals surface area contributed by atoms with Crippen LogP contribution >= 0.6 is 12.2 Å². The van der Waals surface area contributed by atoms with E-state index in [0.717, 1.165) is 12.1 Å². The number of nitrogens with two attached hydrogens (primary N) is 1. The molecule has 1 aromatic rings. The summed E-state index contributed by atoms with van der Waals surface area (Å²) in [6.45, 7) is 1.28. The summed E-state index contributed by atoms with van der Waals surface area (Å²) in [7, 11) is -3.90. The lowest BCUT2D eigenvalue weighted by Gasteiger charge is -2.13. The molecule has 8 heteroatoms. The fraction of sp³-hybridized carbons (Fsp3) is 0.222. The molecule has 17 heavy (non-hydrogen) atoms. The predicted octanol–water partition coefficient (Wildman–Crippen LogP) is 1.38. The zero-order chi connectivity index (χ0) is 13.2. The highest BCUT2D eigenvalue weighted by atomic mass is 32.2. The number of sulfonamides is 1. The van der Waals surface area contributed by atoms with E-state index in [1.165, 1.54) is 6.92 Å². The summed E-state index contributed by atoms with van der Waals surface area (Å²) in [5.74, 6) is -1.77. The number of hydrogen-bond donors (Lipinski definition) is 2. The van der Waals surface area contributed by atoms with Crippen molar-refractivity contribution in [2.75, 3.05) is 4.72 Å². The predicted molar refractivity (Wildman–Crippen MR) is 65.1 cm³/mol. The summed E-state index contributed by atoms with van der Waals surface area (Å²) in [4.78, 5) is -0.227. The molecule has 3 N–H and O–H groups in total. The van der Waals surface area contributed by atoms with Gasteiger partial charge in [-0.05, 0) is 19.1 Å². The minimum Gasteiger partial charge on any atom is -0.392 e. The van der Waals surface area contributed by atoms with Gasteiger partial charge in [-0.2, -0.15) is 0 Å². The van der Waals surface area contributed by atoms with Gasteiger partial charge in [0.05, 0.1) is 10.7 Å². The number of anilines is 1. The summed E-state index contributed by atoms with van der Waals surface area (Å²) in [5.41, 5.74) is 4.98. The molecule has 1 atom stereocenters. The van der Waals surface area contributed by atoms with Gasteiger partial charge in [-0.1, -0.05) is 12.2 Å². The maximum atomic E-state index is 12.8. The van der Waals surface area contributed by atoms with E-state index in [2.05, 4.69) is 12.2 Å². The molecule has 0 fully saturated rings. The molecule has 0 aliphatic carbocycles. The number of rotatable bonds is 4. The Hall–Kier alpha value is -1.28. The van der Waals surface area contributed by atoms with E-state index >= 15 is 0 Å². The molecule has 0 aliphatic heterocycles. The van der Waals surface area contributed by atoms with Crippen molar-refractivity contribution < 1.29 is 17.2 Å². The quantitative estimate of drug-likeness (QED) is 0.817. The van der Waals surface area contributed by atoms with Gasteiger partial charge in [-0.15, -0.1) is 0 Å². The molecule has 94 valence electrons. The Morgan fingerprint density at radius 3 is 2.24 bits per heavy atom. The van der Waals surface area contributed by atoms with Gasteiger partial charge in [0.25, 0.3) is 0 Å². The molecule has 0 spiro atoms. The van der Waals surface area contributed by atoms with E-state index in [-0.39, 0.29) is 10.7 Å². The molecule has 0 heterocycles. The normalized spacial score (nSPS) is 13.1. The molecule has 4 nitrogen and oxygen atoms in total. The second kappa shape index (κ2) is 4.92. The highest BCUT2D eigenvalue weighted by Crippen LogP contribution is 2.16. The molecule has 0 bridgehead atoms. The van der Waals surface area contributed by atoms with E-state index < -0.39 is 26.9 Å². The fourth-order valence-corrected chi connectivity index (χ4v) is 2.33. The Bertz CT molecular complexity index is 526. The van der Waals surface area contributed by atoms with Crippen molar-refractivity contribution in [3.63, 3.8) is 0 Å². The van der Waals surface area contributed by atoms with Crippen LogP contribution < -0.4 is 10.5 Å². The van der Waals surface area contributed by atoms with Crippen molar-refractivity contribution in [1.29, 1.82) is 0 Å². The average molecular weight is 280 g/mol. The Morgan fingerprint density at radius 1 is 1.35 bits per heavy atom. The molecular formula is C9H10F2N2O2S2. The minimum absolute atomic E-state index is 0.217. The Labute approximate surface area is 103 Å². The molecule has 1 unspecified atom stereocenters. The number of benzene rings is 1. The highest BCUT2D eigenvalue weighted by Gasteiger charge is 2.23. The van der Waals surface area contributed by atoms with Crippen molar-refractivity contribution in [2.24, 2.45) is 5.73 Å². The van der Waals surface area contributed by atoms with Gasteiger partial charge in [0.1, 0.15) is 16.9 Å². The van der Waals surface area contributed by atoms with Crippen LogP contribution in [-0.4, -0.2) is 18.7 Å². The van der Waals surface area contributed by atoms with Crippen LogP contribution in [0.1, 0.15) is 6.92 Å². The first-order chi connectivity index (χ1) is 7.72. The number of hydrogen-bond acceptors (Lipinski definition) is 3. The first-order valence-corrected chi connectivity index (χ1v) is 6.45. The van der Waals surface area contributed by atoms with Crippen LogP contribution in [-0.2, 0) is 10.0 Å². The van der Waals surface area contributed by atoms with Crippen molar-refractivity contribution in [1.82, 2.24) is 0 Å². The Balaban J connectivity index is 3.02. The molecule has 0 radical (unpaired) electrons. The molecule has 0 aliphatic rings. The van der Waals surface area contributed by atoms with Crippen LogP contribution in [0.25, 0.3) is 0 Å². The number of halogens is 2. The first-order valence-electron chi connectivity index (χ1n) is 4.49. The third-order valence-electron chi connectivity index (χ3n) is 1.99. The maximum Gasteiger partial charge on any atom is 0.241 e. The van der Waals surface area contributed by atoms with Gasteiger partial charge in [0, 0.05) is 6.07 Å². The van der Waals surface area contributed by atoms with Crippen LogP contribution in [0.4, 0.5) is 14.5 Å². The second-order valence-electron chi connectivity index (χ2n) is 3.35. The molecular weight excluding hydrogens is 270 g/mol. The summed E-state index contributed by atoms with van der Waals surface area (Å²) in [6.07, 6.45) is 0. The average Bonchev–Trinajstić information content (AvgIpc) is 2.13. The van der Waals surface area contributed by atoms with Crippen LogP contribution in [0.2, 0.25) is 0 Å². The Morgan fingerprint density at radius 2 is 1.82 bits per heavy atom. The van der Waals surface area contributed by atoms with E-state index in [1.807, 2.05) is 4.72 Å². The van der Waals surface area contributed by atoms with E-state index in [9.17, 15) is 17.2 Å². The summed E-state index contributed by atoms with van der Waals surface area (Å²) in [5, 5.41) is -1.14. The lowest BCUT2D eigenvalue weighted by atomic mass is 10.3. The second-order valence-corrected chi connectivity index (χ2v) is 5.82. The van der Waals surface area contributed by atoms with E-state index in [0.29, 0.717) is 6.07 Å². The zero-order valence-electron chi connectivity index (χ0n) is 8.78. The van der Waals surface area contributed by atoms with E-state index in [4.69, 9.17) is 5.73 Å². The smallest absolute Gasteiger partial charge is 0.241 e. The van der Waals surface area contributed by atoms with Crippen LogP contribution in [0.3, 0.4) is 0 Å². The van der Waals surface area contributed by atoms with Crippen LogP contribution in [0.15, 0.2) is 18.2 Å². The van der Waals surface area contributed by atoms with E-state index in [1.54, 1.807) is 0 Å². The zero-order valence-corrected chi connectivity index (χ0v) is 10.4. The van der Waals surface area contributed by atoms with Gasteiger partial charge >= 0.3 is 0 Å². The topological polar surface area (TPSA) is 72.2 Å². The van der Waals surface area contributed by atoms with Crippen molar-refractivity contribution in [3.8, 4) is 0 Å².